The lowest BCUT2D eigenvalue weighted by molar-refractivity contribution is -0.125. The van der Waals surface area contributed by atoms with Crippen LogP contribution in [-0.2, 0) is 14.4 Å². The Balaban J connectivity index is 1.60. The van der Waals surface area contributed by atoms with E-state index in [4.69, 9.17) is 0 Å². The van der Waals surface area contributed by atoms with Gasteiger partial charge in [-0.15, -0.1) is 0 Å². The van der Waals surface area contributed by atoms with Gasteiger partial charge >= 0.3 is 0 Å². The van der Waals surface area contributed by atoms with Gasteiger partial charge in [-0.05, 0) is 23.8 Å². The smallest absolute Gasteiger partial charge is 0.249 e. The van der Waals surface area contributed by atoms with E-state index in [0.29, 0.717) is 17.2 Å². The monoisotopic (exact) mass is 389 g/mol. The molecule has 0 bridgehead atoms. The minimum absolute atomic E-state index is 0.0138. The van der Waals surface area contributed by atoms with Crippen molar-refractivity contribution in [2.75, 3.05) is 16.0 Å². The molecule has 0 unspecified atom stereocenters. The third kappa shape index (κ3) is 3.86. The summed E-state index contributed by atoms with van der Waals surface area (Å²) in [6.07, 6.45) is 1.63. The Labute approximate surface area is 166 Å². The van der Waals surface area contributed by atoms with Crippen molar-refractivity contribution in [3.8, 4) is 11.1 Å². The Morgan fingerprint density at radius 3 is 2.52 bits per heavy atom. The lowest BCUT2D eigenvalue weighted by atomic mass is 10.1. The number of benzene rings is 2. The third-order valence-electron chi connectivity index (χ3n) is 4.57. The van der Waals surface area contributed by atoms with Crippen molar-refractivity contribution in [2.45, 2.75) is 19.4 Å². The van der Waals surface area contributed by atoms with Gasteiger partial charge in [0.1, 0.15) is 11.9 Å². The van der Waals surface area contributed by atoms with Crippen LogP contribution in [0.5, 0.6) is 0 Å². The lowest BCUT2D eigenvalue weighted by Crippen LogP contribution is -2.35. The first-order valence-corrected chi connectivity index (χ1v) is 9.12. The fourth-order valence-electron chi connectivity index (χ4n) is 3.30. The van der Waals surface area contributed by atoms with Crippen LogP contribution in [0.25, 0.3) is 11.1 Å². The molecule has 3 aromatic rings. The van der Waals surface area contributed by atoms with Gasteiger partial charge in [-0.25, -0.2) is 4.68 Å². The normalized spacial score (nSPS) is 15.2. The predicted molar refractivity (Wildman–Crippen MR) is 109 cm³/mol. The minimum atomic E-state index is -0.777. The fourth-order valence-corrected chi connectivity index (χ4v) is 3.30. The largest absolute Gasteiger partial charge is 0.326 e. The van der Waals surface area contributed by atoms with Crippen molar-refractivity contribution < 1.29 is 14.4 Å². The standard InChI is InChI=1S/C21H19N5O3/c1-13(27)23-15-8-5-9-16(10-15)24-21(29)18-11-19(28)25-20-17(12-22-26(18)20)14-6-3-2-4-7-14/h2-10,12,18H,11H2,1H3,(H,23,27)(H,24,29)(H,25,28)/t18-/m0/s1. The maximum atomic E-state index is 12.9. The highest BCUT2D eigenvalue weighted by molar-refractivity contribution is 6.03. The molecule has 3 amide bonds. The highest BCUT2D eigenvalue weighted by atomic mass is 16.2. The number of nitrogens with one attached hydrogen (secondary N) is 3. The predicted octanol–water partition coefficient (Wildman–Crippen LogP) is 3.03. The molecule has 29 heavy (non-hydrogen) atoms. The molecule has 1 aliphatic heterocycles. The van der Waals surface area contributed by atoms with E-state index in [-0.39, 0.29) is 24.1 Å². The van der Waals surface area contributed by atoms with Gasteiger partial charge in [-0.3, -0.25) is 14.4 Å². The Morgan fingerprint density at radius 2 is 1.79 bits per heavy atom. The molecule has 2 heterocycles. The molecule has 1 aromatic heterocycles. The van der Waals surface area contributed by atoms with Crippen LogP contribution in [0.1, 0.15) is 19.4 Å². The van der Waals surface area contributed by atoms with E-state index in [0.717, 1.165) is 11.1 Å². The first kappa shape index (κ1) is 18.4. The van der Waals surface area contributed by atoms with Gasteiger partial charge < -0.3 is 16.0 Å². The maximum Gasteiger partial charge on any atom is 0.249 e. The average molecular weight is 389 g/mol. The maximum absolute atomic E-state index is 12.9. The summed E-state index contributed by atoms with van der Waals surface area (Å²) < 4.78 is 1.54. The quantitative estimate of drug-likeness (QED) is 0.638. The van der Waals surface area contributed by atoms with Crippen molar-refractivity contribution in [2.24, 2.45) is 0 Å². The molecule has 8 nitrogen and oxygen atoms in total. The summed E-state index contributed by atoms with van der Waals surface area (Å²) in [5, 5.41) is 12.6. The van der Waals surface area contributed by atoms with Gasteiger partial charge in [-0.2, -0.15) is 5.10 Å². The van der Waals surface area contributed by atoms with Gasteiger partial charge in [0.15, 0.2) is 0 Å². The summed E-state index contributed by atoms with van der Waals surface area (Å²) in [5.74, 6) is -0.308. The summed E-state index contributed by atoms with van der Waals surface area (Å²) >= 11 is 0. The highest BCUT2D eigenvalue weighted by Gasteiger charge is 2.33. The van der Waals surface area contributed by atoms with E-state index in [2.05, 4.69) is 21.0 Å². The van der Waals surface area contributed by atoms with Crippen LogP contribution in [0, 0.1) is 0 Å². The van der Waals surface area contributed by atoms with E-state index in [1.54, 1.807) is 30.5 Å². The Kier molecular flexibility index (Phi) is 4.82. The van der Waals surface area contributed by atoms with Crippen LogP contribution in [0.4, 0.5) is 17.2 Å². The van der Waals surface area contributed by atoms with E-state index in [1.807, 2.05) is 30.3 Å². The van der Waals surface area contributed by atoms with Gasteiger partial charge in [0.2, 0.25) is 17.7 Å². The van der Waals surface area contributed by atoms with E-state index >= 15 is 0 Å². The first-order valence-electron chi connectivity index (χ1n) is 9.12. The molecule has 3 N–H and O–H groups in total. The van der Waals surface area contributed by atoms with Crippen LogP contribution >= 0.6 is 0 Å². The summed E-state index contributed by atoms with van der Waals surface area (Å²) in [6.45, 7) is 1.41. The van der Waals surface area contributed by atoms with Crippen molar-refractivity contribution in [3.05, 3.63) is 60.8 Å². The SMILES string of the molecule is CC(=O)Nc1cccc(NC(=O)[C@@H]2CC(=O)Nc3c(-c4ccccc4)cnn32)c1. The Bertz CT molecular complexity index is 1090. The van der Waals surface area contributed by atoms with Crippen molar-refractivity contribution in [1.82, 2.24) is 9.78 Å². The zero-order chi connectivity index (χ0) is 20.4. The molecule has 0 saturated heterocycles. The van der Waals surface area contributed by atoms with Crippen molar-refractivity contribution >= 4 is 34.9 Å². The molecule has 1 atom stereocenters. The van der Waals surface area contributed by atoms with Crippen LogP contribution in [0.15, 0.2) is 60.8 Å². The van der Waals surface area contributed by atoms with Crippen LogP contribution in [-0.4, -0.2) is 27.5 Å². The molecule has 2 aromatic carbocycles. The van der Waals surface area contributed by atoms with Gasteiger partial charge in [0.25, 0.3) is 0 Å². The number of anilines is 3. The summed E-state index contributed by atoms with van der Waals surface area (Å²) in [6, 6.07) is 15.6. The lowest BCUT2D eigenvalue weighted by Gasteiger charge is -2.24. The zero-order valence-electron chi connectivity index (χ0n) is 15.7. The topological polar surface area (TPSA) is 105 Å². The average Bonchev–Trinajstić information content (AvgIpc) is 3.11. The number of carbonyl (C=O) groups excluding carboxylic acids is 3. The number of carbonyl (C=O) groups is 3. The van der Waals surface area contributed by atoms with Crippen LogP contribution in [0.2, 0.25) is 0 Å². The molecular formula is C21H19N5O3. The highest BCUT2D eigenvalue weighted by Crippen LogP contribution is 2.34. The van der Waals surface area contributed by atoms with Crippen LogP contribution in [0.3, 0.4) is 0 Å². The number of fused-ring (bicyclic) bond motifs is 1. The Hall–Kier alpha value is -3.94. The molecule has 146 valence electrons. The van der Waals surface area contributed by atoms with Gasteiger partial charge in [0, 0.05) is 23.9 Å². The van der Waals surface area contributed by atoms with Crippen LogP contribution < -0.4 is 16.0 Å². The molecular weight excluding hydrogens is 370 g/mol. The molecule has 8 heteroatoms. The third-order valence-corrected chi connectivity index (χ3v) is 4.57. The first-order chi connectivity index (χ1) is 14.0. The summed E-state index contributed by atoms with van der Waals surface area (Å²) in [7, 11) is 0. The molecule has 0 spiro atoms. The summed E-state index contributed by atoms with van der Waals surface area (Å²) in [5.41, 5.74) is 2.74. The van der Waals surface area contributed by atoms with E-state index < -0.39 is 6.04 Å². The molecule has 0 aliphatic carbocycles. The second-order valence-electron chi connectivity index (χ2n) is 6.74. The van der Waals surface area contributed by atoms with Crippen molar-refractivity contribution in [1.29, 1.82) is 0 Å². The number of hydrogen-bond acceptors (Lipinski definition) is 4. The fraction of sp³-hybridized carbons (Fsp3) is 0.143. The van der Waals surface area contributed by atoms with E-state index in [1.165, 1.54) is 11.6 Å². The minimum Gasteiger partial charge on any atom is -0.326 e. The van der Waals surface area contributed by atoms with E-state index in [9.17, 15) is 14.4 Å². The van der Waals surface area contributed by atoms with Crippen molar-refractivity contribution in [3.63, 3.8) is 0 Å². The number of aromatic nitrogens is 2. The van der Waals surface area contributed by atoms with Gasteiger partial charge in [-0.1, -0.05) is 36.4 Å². The molecule has 0 radical (unpaired) electrons. The molecule has 1 aliphatic rings. The Morgan fingerprint density at radius 1 is 1.07 bits per heavy atom. The molecule has 4 rings (SSSR count). The molecule has 0 saturated carbocycles. The zero-order valence-corrected chi connectivity index (χ0v) is 15.7. The second kappa shape index (κ2) is 7.59. The second-order valence-corrected chi connectivity index (χ2v) is 6.74. The summed E-state index contributed by atoms with van der Waals surface area (Å²) in [4.78, 5) is 36.4. The molecule has 0 fully saturated rings. The number of amides is 3. The number of hydrogen-bond donors (Lipinski definition) is 3. The van der Waals surface area contributed by atoms with Gasteiger partial charge in [0.05, 0.1) is 12.6 Å². The number of nitrogens with zero attached hydrogens (tertiary/aromatic N) is 2. The number of rotatable bonds is 4.